The summed E-state index contributed by atoms with van der Waals surface area (Å²) in [5.41, 5.74) is 2.14. The van der Waals surface area contributed by atoms with Gasteiger partial charge in [0.05, 0.1) is 4.91 Å². The second-order valence-electron chi connectivity index (χ2n) is 7.53. The summed E-state index contributed by atoms with van der Waals surface area (Å²) in [6.07, 6.45) is 3.20. The van der Waals surface area contributed by atoms with Gasteiger partial charge in [0.25, 0.3) is 11.5 Å². The number of rotatable bonds is 4. The second-order valence-corrected chi connectivity index (χ2v) is 9.21. The van der Waals surface area contributed by atoms with Crippen molar-refractivity contribution >= 4 is 45.9 Å². The highest BCUT2D eigenvalue weighted by molar-refractivity contribution is 8.26. The van der Waals surface area contributed by atoms with Gasteiger partial charge in [-0.05, 0) is 57.0 Å². The summed E-state index contributed by atoms with van der Waals surface area (Å²) in [6.45, 7) is 7.60. The van der Waals surface area contributed by atoms with E-state index in [9.17, 15) is 9.59 Å². The highest BCUT2D eigenvalue weighted by atomic mass is 32.2. The first-order chi connectivity index (χ1) is 14.8. The Morgan fingerprint density at radius 1 is 1.10 bits per heavy atom. The van der Waals surface area contributed by atoms with Crippen molar-refractivity contribution in [2.24, 2.45) is 0 Å². The lowest BCUT2D eigenvalue weighted by atomic mass is 10.2. The lowest BCUT2D eigenvalue weighted by molar-refractivity contribution is -0.123. The molecular formula is C23H21N3O3S2. The van der Waals surface area contributed by atoms with Crippen LogP contribution in [0.5, 0.6) is 11.6 Å². The Morgan fingerprint density at radius 2 is 1.81 bits per heavy atom. The third-order valence-corrected chi connectivity index (χ3v) is 6.30. The fourth-order valence-electron chi connectivity index (χ4n) is 3.32. The predicted molar refractivity (Wildman–Crippen MR) is 128 cm³/mol. The van der Waals surface area contributed by atoms with Gasteiger partial charge >= 0.3 is 0 Å². The van der Waals surface area contributed by atoms with E-state index >= 15 is 0 Å². The third kappa shape index (κ3) is 3.88. The number of hydrogen-bond acceptors (Lipinski definition) is 6. The number of amides is 1. The standard InChI is InChI=1S/C23H21N3O3S2/c1-13(2)26-22(28)18(31-23(26)30)12-16-20(29-17-10-6-5-8-14(17)3)24-19-15(4)9-7-11-25(19)21(16)27/h5-13H,1-4H3/b18-12-. The van der Waals surface area contributed by atoms with Gasteiger partial charge in [-0.3, -0.25) is 18.9 Å². The summed E-state index contributed by atoms with van der Waals surface area (Å²) in [6, 6.07) is 11.1. The van der Waals surface area contributed by atoms with E-state index in [4.69, 9.17) is 17.0 Å². The van der Waals surface area contributed by atoms with Gasteiger partial charge in [0.2, 0.25) is 5.88 Å². The number of fused-ring (bicyclic) bond motifs is 1. The van der Waals surface area contributed by atoms with E-state index in [1.54, 1.807) is 23.2 Å². The topological polar surface area (TPSA) is 63.9 Å². The Kier molecular flexibility index (Phi) is 5.68. The van der Waals surface area contributed by atoms with Crippen LogP contribution in [0.25, 0.3) is 11.7 Å². The predicted octanol–water partition coefficient (Wildman–Crippen LogP) is 4.71. The molecule has 0 unspecified atom stereocenters. The number of thiocarbonyl (C=S) groups is 1. The van der Waals surface area contributed by atoms with Gasteiger partial charge < -0.3 is 4.74 Å². The average molecular weight is 452 g/mol. The molecular weight excluding hydrogens is 430 g/mol. The molecule has 31 heavy (non-hydrogen) atoms. The Hall–Kier alpha value is -2.97. The Morgan fingerprint density at radius 3 is 2.48 bits per heavy atom. The van der Waals surface area contributed by atoms with Crippen molar-refractivity contribution in [3.8, 4) is 11.6 Å². The maximum Gasteiger partial charge on any atom is 0.269 e. The summed E-state index contributed by atoms with van der Waals surface area (Å²) in [7, 11) is 0. The van der Waals surface area contributed by atoms with Crippen molar-refractivity contribution in [1.82, 2.24) is 14.3 Å². The quantitative estimate of drug-likeness (QED) is 0.423. The first kappa shape index (κ1) is 21.3. The molecule has 1 aliphatic heterocycles. The van der Waals surface area contributed by atoms with Crippen LogP contribution in [0.2, 0.25) is 0 Å². The summed E-state index contributed by atoms with van der Waals surface area (Å²) in [5.74, 6) is 0.528. The van der Waals surface area contributed by atoms with E-state index in [0.29, 0.717) is 20.6 Å². The minimum Gasteiger partial charge on any atom is -0.438 e. The van der Waals surface area contributed by atoms with Gasteiger partial charge in [0.1, 0.15) is 21.3 Å². The highest BCUT2D eigenvalue weighted by Crippen LogP contribution is 2.35. The fourth-order valence-corrected chi connectivity index (χ4v) is 4.83. The number of ether oxygens (including phenoxy) is 1. The zero-order valence-electron chi connectivity index (χ0n) is 17.6. The van der Waals surface area contributed by atoms with E-state index in [-0.39, 0.29) is 29.0 Å². The molecule has 2 aromatic heterocycles. The lowest BCUT2D eigenvalue weighted by Gasteiger charge is -2.18. The molecule has 0 bridgehead atoms. The number of carbonyl (C=O) groups is 1. The van der Waals surface area contributed by atoms with Crippen LogP contribution in [-0.4, -0.2) is 30.6 Å². The molecule has 1 amide bonds. The van der Waals surface area contributed by atoms with Crippen molar-refractivity contribution in [2.75, 3.05) is 0 Å². The molecule has 6 nitrogen and oxygen atoms in total. The maximum atomic E-state index is 13.4. The van der Waals surface area contributed by atoms with Crippen molar-refractivity contribution in [3.63, 3.8) is 0 Å². The molecule has 0 radical (unpaired) electrons. The van der Waals surface area contributed by atoms with E-state index in [1.165, 1.54) is 16.2 Å². The summed E-state index contributed by atoms with van der Waals surface area (Å²) < 4.78 is 8.03. The van der Waals surface area contributed by atoms with Crippen LogP contribution < -0.4 is 10.3 Å². The SMILES string of the molecule is Cc1ccccc1Oc1nc2c(C)cccn2c(=O)c1/C=C1\SC(=S)N(C(C)C)C1=O. The van der Waals surface area contributed by atoms with Crippen LogP contribution >= 0.6 is 24.0 Å². The van der Waals surface area contributed by atoms with Crippen LogP contribution in [0.3, 0.4) is 0 Å². The van der Waals surface area contributed by atoms with Crippen molar-refractivity contribution in [1.29, 1.82) is 0 Å². The van der Waals surface area contributed by atoms with Crippen LogP contribution in [0.1, 0.15) is 30.5 Å². The Bertz CT molecular complexity index is 1310. The van der Waals surface area contributed by atoms with Gasteiger partial charge in [-0.2, -0.15) is 4.98 Å². The molecule has 1 fully saturated rings. The number of para-hydroxylation sites is 1. The van der Waals surface area contributed by atoms with Gasteiger partial charge in [-0.15, -0.1) is 0 Å². The molecule has 158 valence electrons. The number of benzene rings is 1. The summed E-state index contributed by atoms with van der Waals surface area (Å²) in [5, 5.41) is 0. The first-order valence-corrected chi connectivity index (χ1v) is 11.0. The molecule has 4 rings (SSSR count). The summed E-state index contributed by atoms with van der Waals surface area (Å²) in [4.78, 5) is 32.9. The van der Waals surface area contributed by atoms with E-state index in [0.717, 1.165) is 11.1 Å². The van der Waals surface area contributed by atoms with Crippen LogP contribution in [0, 0.1) is 13.8 Å². The number of aromatic nitrogens is 2. The molecule has 0 spiro atoms. The maximum absolute atomic E-state index is 13.4. The molecule has 0 atom stereocenters. The second kappa shape index (κ2) is 8.28. The van der Waals surface area contributed by atoms with E-state index in [1.807, 2.05) is 58.0 Å². The molecule has 8 heteroatoms. The number of aryl methyl sites for hydroxylation is 2. The number of carbonyl (C=O) groups excluding carboxylic acids is 1. The van der Waals surface area contributed by atoms with E-state index in [2.05, 4.69) is 4.98 Å². The minimum absolute atomic E-state index is 0.0698. The number of nitrogens with zero attached hydrogens (tertiary/aromatic N) is 3. The Balaban J connectivity index is 1.92. The molecule has 0 saturated carbocycles. The molecule has 0 aliphatic carbocycles. The Labute approximate surface area is 189 Å². The molecule has 0 N–H and O–H groups in total. The van der Waals surface area contributed by atoms with Gasteiger partial charge in [-0.1, -0.05) is 48.2 Å². The molecule has 3 aromatic rings. The van der Waals surface area contributed by atoms with Crippen molar-refractivity contribution in [3.05, 3.63) is 74.5 Å². The molecule has 3 heterocycles. The monoisotopic (exact) mass is 451 g/mol. The zero-order chi connectivity index (χ0) is 22.3. The zero-order valence-corrected chi connectivity index (χ0v) is 19.2. The van der Waals surface area contributed by atoms with Crippen LogP contribution in [0.15, 0.2) is 52.3 Å². The minimum atomic E-state index is -0.313. The fraction of sp³-hybridized carbons (Fsp3) is 0.217. The van der Waals surface area contributed by atoms with Crippen molar-refractivity contribution in [2.45, 2.75) is 33.7 Å². The lowest BCUT2D eigenvalue weighted by Crippen LogP contribution is -2.34. The number of thioether (sulfide) groups is 1. The molecule has 1 aromatic carbocycles. The smallest absolute Gasteiger partial charge is 0.269 e. The average Bonchev–Trinajstić information content (AvgIpc) is 3.00. The third-order valence-electron chi connectivity index (χ3n) is 4.96. The van der Waals surface area contributed by atoms with Crippen LogP contribution in [-0.2, 0) is 4.79 Å². The first-order valence-electron chi connectivity index (χ1n) is 9.80. The van der Waals surface area contributed by atoms with Gasteiger partial charge in [-0.25, -0.2) is 0 Å². The van der Waals surface area contributed by atoms with Gasteiger partial charge in [0, 0.05) is 12.2 Å². The van der Waals surface area contributed by atoms with Gasteiger partial charge in [0.15, 0.2) is 0 Å². The van der Waals surface area contributed by atoms with E-state index < -0.39 is 0 Å². The summed E-state index contributed by atoms with van der Waals surface area (Å²) >= 11 is 6.54. The number of pyridine rings is 1. The number of hydrogen-bond donors (Lipinski definition) is 0. The largest absolute Gasteiger partial charge is 0.438 e. The van der Waals surface area contributed by atoms with Crippen molar-refractivity contribution < 1.29 is 9.53 Å². The normalized spacial score (nSPS) is 15.5. The molecule has 1 aliphatic rings. The highest BCUT2D eigenvalue weighted by Gasteiger charge is 2.34. The molecule has 1 saturated heterocycles. The van der Waals surface area contributed by atoms with Crippen LogP contribution in [0.4, 0.5) is 0 Å².